The molecule has 0 aromatic heterocycles. The van der Waals surface area contributed by atoms with Gasteiger partial charge in [-0.3, -0.25) is 14.4 Å². The van der Waals surface area contributed by atoms with Crippen molar-refractivity contribution in [3.8, 4) is 0 Å². The molecule has 10 atom stereocenters. The van der Waals surface area contributed by atoms with E-state index in [4.69, 9.17) is 4.74 Å². The maximum atomic E-state index is 14.5. The van der Waals surface area contributed by atoms with Crippen molar-refractivity contribution in [3.05, 3.63) is 11.6 Å². The first-order chi connectivity index (χ1) is 19.8. The number of carboxylic acid groups (broad SMARTS) is 1. The molecule has 0 aromatic rings. The molecule has 8 nitrogen and oxygen atoms in total. The highest BCUT2D eigenvalue weighted by Crippen LogP contribution is 2.75. The van der Waals surface area contributed by atoms with Crippen LogP contribution in [0.5, 0.6) is 0 Å². The van der Waals surface area contributed by atoms with Crippen LogP contribution in [0.15, 0.2) is 11.6 Å². The van der Waals surface area contributed by atoms with Gasteiger partial charge in [-0.1, -0.05) is 47.1 Å². The number of aliphatic hydroxyl groups is 1. The Kier molecular flexibility index (Phi) is 7.59. The van der Waals surface area contributed by atoms with Crippen LogP contribution in [0.2, 0.25) is 0 Å². The molecule has 0 radical (unpaired) electrons. The van der Waals surface area contributed by atoms with Gasteiger partial charge in [-0.15, -0.1) is 0 Å². The molecule has 0 aliphatic heterocycles. The normalized spacial score (nSPS) is 45.7. The molecule has 0 bridgehead atoms. The van der Waals surface area contributed by atoms with Gasteiger partial charge in [-0.05, 0) is 110 Å². The summed E-state index contributed by atoms with van der Waals surface area (Å²) in [4.78, 5) is 52.5. The molecular formula is C35H53NO7. The fourth-order valence-electron chi connectivity index (χ4n) is 11.4. The lowest BCUT2D eigenvalue weighted by molar-refractivity contribution is -0.195. The number of aliphatic carboxylic acids is 1. The molecule has 3 N–H and O–H groups in total. The summed E-state index contributed by atoms with van der Waals surface area (Å²) in [5, 5.41) is 22.6. The molecule has 8 heteroatoms. The van der Waals surface area contributed by atoms with Crippen molar-refractivity contribution in [3.63, 3.8) is 0 Å². The van der Waals surface area contributed by atoms with Crippen LogP contribution in [0, 0.1) is 56.2 Å². The average Bonchev–Trinajstić information content (AvgIpc) is 2.92. The van der Waals surface area contributed by atoms with E-state index < -0.39 is 35.4 Å². The second-order valence-electron chi connectivity index (χ2n) is 16.7. The predicted molar refractivity (Wildman–Crippen MR) is 162 cm³/mol. The number of allylic oxidation sites excluding steroid dienone is 2. The Morgan fingerprint density at radius 2 is 1.63 bits per heavy atom. The molecule has 1 amide bonds. The quantitative estimate of drug-likeness (QED) is 0.365. The number of carbonyl (C=O) groups excluding carboxylic acids is 3. The number of hydrogen-bond donors (Lipinski definition) is 3. The van der Waals surface area contributed by atoms with E-state index >= 15 is 0 Å². The van der Waals surface area contributed by atoms with Crippen molar-refractivity contribution >= 4 is 23.6 Å². The Morgan fingerprint density at radius 1 is 0.977 bits per heavy atom. The number of aliphatic hydroxyl groups excluding tert-OH is 1. The number of carboxylic acids is 1. The standard InChI is InChI=1S/C35H53NO7/c1-30(2)20(27(39)36-23(19-37)28(40)43-8)9-11-33(5)25(30)10-12-35(7)26(33)24(38)17-21-22-18-32(4,29(41)42)14-13-31(22,3)15-16-34(21,35)6/h17,20,22-23,25-26,37H,9-16,18-19H2,1-8H3,(H,36,39)(H,41,42)/t20-,22+,23+,25+,26-,31-,32+,33+,34-,35-/m1/s1. The second kappa shape index (κ2) is 10.1. The highest BCUT2D eigenvalue weighted by molar-refractivity contribution is 5.96. The minimum atomic E-state index is -1.10. The fourth-order valence-corrected chi connectivity index (χ4v) is 11.4. The van der Waals surface area contributed by atoms with E-state index in [0.29, 0.717) is 19.3 Å². The molecular weight excluding hydrogens is 546 g/mol. The Labute approximate surface area is 256 Å². The van der Waals surface area contributed by atoms with Gasteiger partial charge < -0.3 is 20.3 Å². The molecule has 240 valence electrons. The van der Waals surface area contributed by atoms with Gasteiger partial charge >= 0.3 is 11.9 Å². The van der Waals surface area contributed by atoms with Crippen LogP contribution in [0.25, 0.3) is 0 Å². The number of fused-ring (bicyclic) bond motifs is 7. The van der Waals surface area contributed by atoms with Gasteiger partial charge in [0.2, 0.25) is 5.91 Å². The molecule has 4 saturated carbocycles. The zero-order chi connectivity index (χ0) is 32.0. The third-order valence-corrected chi connectivity index (χ3v) is 14.4. The number of rotatable bonds is 5. The maximum Gasteiger partial charge on any atom is 0.330 e. The lowest BCUT2D eigenvalue weighted by Gasteiger charge is -2.70. The average molecular weight is 600 g/mol. The SMILES string of the molecule is COC(=O)[C@H](CO)NC(=O)[C@H]1CC[C@]2(C)[C@H]3C(=O)C=C4[C@@H]5C[C@@](C)(C(=O)O)CC[C@]5(C)CC[C@@]4(C)[C@]3(C)CC[C@H]2C1(C)C. The van der Waals surface area contributed by atoms with Gasteiger partial charge in [0.25, 0.3) is 0 Å². The molecule has 0 unspecified atom stereocenters. The van der Waals surface area contributed by atoms with Gasteiger partial charge in [-0.2, -0.15) is 0 Å². The summed E-state index contributed by atoms with van der Waals surface area (Å²) >= 11 is 0. The summed E-state index contributed by atoms with van der Waals surface area (Å²) in [6.07, 6.45) is 9.21. The number of esters is 1. The molecule has 4 fully saturated rings. The molecule has 0 heterocycles. The summed E-state index contributed by atoms with van der Waals surface area (Å²) in [6.45, 7) is 14.9. The highest BCUT2D eigenvalue weighted by atomic mass is 16.5. The molecule has 5 aliphatic rings. The second-order valence-corrected chi connectivity index (χ2v) is 16.7. The van der Waals surface area contributed by atoms with Crippen molar-refractivity contribution in [2.45, 2.75) is 112 Å². The maximum absolute atomic E-state index is 14.5. The topological polar surface area (TPSA) is 130 Å². The molecule has 0 aromatic carbocycles. The van der Waals surface area contributed by atoms with E-state index in [1.54, 1.807) is 0 Å². The largest absolute Gasteiger partial charge is 0.481 e. The van der Waals surface area contributed by atoms with Crippen molar-refractivity contribution in [2.75, 3.05) is 13.7 Å². The molecule has 43 heavy (non-hydrogen) atoms. The summed E-state index contributed by atoms with van der Waals surface area (Å²) in [7, 11) is 1.24. The fraction of sp³-hybridized carbons (Fsp3) is 0.829. The number of nitrogens with one attached hydrogen (secondary N) is 1. The first-order valence-corrected chi connectivity index (χ1v) is 16.3. The van der Waals surface area contributed by atoms with Crippen LogP contribution in [0.3, 0.4) is 0 Å². The minimum absolute atomic E-state index is 0.00885. The number of carbonyl (C=O) groups is 4. The zero-order valence-corrected chi connectivity index (χ0v) is 27.5. The number of hydrogen-bond acceptors (Lipinski definition) is 6. The van der Waals surface area contributed by atoms with E-state index in [-0.39, 0.29) is 57.0 Å². The van der Waals surface area contributed by atoms with Crippen molar-refractivity contribution in [1.82, 2.24) is 5.32 Å². The summed E-state index contributed by atoms with van der Waals surface area (Å²) in [5.41, 5.74) is -0.781. The Morgan fingerprint density at radius 3 is 2.23 bits per heavy atom. The Balaban J connectivity index is 1.50. The van der Waals surface area contributed by atoms with E-state index in [1.165, 1.54) is 12.7 Å². The van der Waals surface area contributed by atoms with Gasteiger partial charge in [0.05, 0.1) is 19.1 Å². The Hall–Kier alpha value is -2.22. The van der Waals surface area contributed by atoms with Crippen LogP contribution in [-0.2, 0) is 23.9 Å². The third kappa shape index (κ3) is 4.39. The van der Waals surface area contributed by atoms with E-state index in [9.17, 15) is 29.4 Å². The Bertz CT molecular complexity index is 1260. The van der Waals surface area contributed by atoms with E-state index in [0.717, 1.165) is 38.5 Å². The van der Waals surface area contributed by atoms with Crippen LogP contribution in [-0.4, -0.2) is 53.6 Å². The first kappa shape index (κ1) is 32.2. The number of methoxy groups -OCH3 is 1. The number of ketones is 1. The number of amides is 1. The molecule has 5 rings (SSSR count). The van der Waals surface area contributed by atoms with Crippen LogP contribution in [0.4, 0.5) is 0 Å². The lowest BCUT2D eigenvalue weighted by Crippen LogP contribution is -2.67. The zero-order valence-electron chi connectivity index (χ0n) is 27.5. The van der Waals surface area contributed by atoms with Gasteiger partial charge in [0.15, 0.2) is 11.8 Å². The lowest BCUT2D eigenvalue weighted by atomic mass is 9.33. The summed E-state index contributed by atoms with van der Waals surface area (Å²) in [5.74, 6) is -1.82. The van der Waals surface area contributed by atoms with Crippen LogP contribution in [0.1, 0.15) is 106 Å². The van der Waals surface area contributed by atoms with Crippen LogP contribution >= 0.6 is 0 Å². The van der Waals surface area contributed by atoms with E-state index in [1.807, 2.05) is 13.0 Å². The summed E-state index contributed by atoms with van der Waals surface area (Å²) in [6, 6.07) is -1.10. The number of ether oxygens (including phenoxy) is 1. The van der Waals surface area contributed by atoms with Gasteiger partial charge in [-0.25, -0.2) is 4.79 Å². The highest BCUT2D eigenvalue weighted by Gasteiger charge is 2.70. The monoisotopic (exact) mass is 599 g/mol. The van der Waals surface area contributed by atoms with Crippen molar-refractivity contribution < 1.29 is 34.1 Å². The molecule has 0 saturated heterocycles. The smallest absolute Gasteiger partial charge is 0.330 e. The summed E-state index contributed by atoms with van der Waals surface area (Å²) < 4.78 is 4.76. The van der Waals surface area contributed by atoms with E-state index in [2.05, 4.69) is 46.9 Å². The molecule has 5 aliphatic carbocycles. The van der Waals surface area contributed by atoms with Crippen molar-refractivity contribution in [1.29, 1.82) is 0 Å². The van der Waals surface area contributed by atoms with Crippen LogP contribution < -0.4 is 5.32 Å². The third-order valence-electron chi connectivity index (χ3n) is 14.4. The first-order valence-electron chi connectivity index (χ1n) is 16.3. The minimum Gasteiger partial charge on any atom is -0.481 e. The molecule has 0 spiro atoms. The van der Waals surface area contributed by atoms with Gasteiger partial charge in [0.1, 0.15) is 0 Å². The predicted octanol–water partition coefficient (Wildman–Crippen LogP) is 5.32. The van der Waals surface area contributed by atoms with Crippen molar-refractivity contribution in [2.24, 2.45) is 56.2 Å². The van der Waals surface area contributed by atoms with Gasteiger partial charge in [0, 0.05) is 11.8 Å².